The van der Waals surface area contributed by atoms with E-state index in [1.54, 1.807) is 12.1 Å². The van der Waals surface area contributed by atoms with E-state index in [0.717, 1.165) is 22.7 Å². The lowest BCUT2D eigenvalue weighted by molar-refractivity contribution is -0.112. The lowest BCUT2D eigenvalue weighted by Crippen LogP contribution is -2.13. The van der Waals surface area contributed by atoms with Gasteiger partial charge >= 0.3 is 0 Å². The second-order valence-electron chi connectivity index (χ2n) is 7.02. The van der Waals surface area contributed by atoms with Gasteiger partial charge in [-0.25, -0.2) is 0 Å². The van der Waals surface area contributed by atoms with E-state index in [9.17, 15) is 10.1 Å². The molecule has 0 unspecified atom stereocenters. The maximum Gasteiger partial charge on any atom is 0.268 e. The van der Waals surface area contributed by atoms with Gasteiger partial charge < -0.3 is 14.2 Å². The van der Waals surface area contributed by atoms with Crippen LogP contribution in [0.3, 0.4) is 0 Å². The highest BCUT2D eigenvalue weighted by Crippen LogP contribution is 2.37. The number of nitrogens with zero attached hydrogens (tertiary/aromatic N) is 3. The van der Waals surface area contributed by atoms with Crippen LogP contribution in [-0.4, -0.2) is 36.4 Å². The van der Waals surface area contributed by atoms with Gasteiger partial charge in [0.05, 0.1) is 11.6 Å². The standard InChI is InChI=1S/C24H23BrN4O4S/c1-4-21-28-29-24(34-21)27-23(30)17(14-26)11-16-12-19(25)22(20(13-16)31-3)33-10-9-32-18-7-5-15(2)6-8-18/h5-8,11-13H,4,9-10H2,1-3H3,(H,27,29,30)/b17-11-. The van der Waals surface area contributed by atoms with Gasteiger partial charge in [0.15, 0.2) is 11.5 Å². The molecular formula is C24H23BrN4O4S. The molecule has 176 valence electrons. The van der Waals surface area contributed by atoms with Crippen molar-refractivity contribution in [2.45, 2.75) is 20.3 Å². The third-order valence-electron chi connectivity index (χ3n) is 4.54. The fourth-order valence-corrected chi connectivity index (χ4v) is 4.08. The minimum atomic E-state index is -0.565. The summed E-state index contributed by atoms with van der Waals surface area (Å²) in [6.45, 7) is 4.61. The van der Waals surface area contributed by atoms with E-state index in [1.165, 1.54) is 24.5 Å². The number of hydrogen-bond acceptors (Lipinski definition) is 8. The minimum absolute atomic E-state index is 0.0811. The van der Waals surface area contributed by atoms with Crippen LogP contribution in [0.1, 0.15) is 23.1 Å². The van der Waals surface area contributed by atoms with Gasteiger partial charge in [-0.1, -0.05) is 36.0 Å². The average molecular weight is 543 g/mol. The first-order chi connectivity index (χ1) is 16.4. The van der Waals surface area contributed by atoms with Crippen molar-refractivity contribution in [1.29, 1.82) is 5.26 Å². The molecule has 3 rings (SSSR count). The lowest BCUT2D eigenvalue weighted by atomic mass is 10.1. The summed E-state index contributed by atoms with van der Waals surface area (Å²) in [6, 6.07) is 13.1. The van der Waals surface area contributed by atoms with Gasteiger partial charge in [-0.3, -0.25) is 10.1 Å². The molecule has 1 heterocycles. The molecule has 8 nitrogen and oxygen atoms in total. The molecule has 2 aromatic carbocycles. The second-order valence-corrected chi connectivity index (χ2v) is 8.94. The molecule has 0 bridgehead atoms. The zero-order valence-electron chi connectivity index (χ0n) is 18.9. The second kappa shape index (κ2) is 12.2. The lowest BCUT2D eigenvalue weighted by Gasteiger charge is -2.14. The summed E-state index contributed by atoms with van der Waals surface area (Å²) in [5.41, 5.74) is 1.67. The molecule has 0 fully saturated rings. The van der Waals surface area contributed by atoms with Crippen molar-refractivity contribution in [3.05, 3.63) is 62.6 Å². The Morgan fingerprint density at radius 3 is 2.59 bits per heavy atom. The zero-order valence-corrected chi connectivity index (χ0v) is 21.3. The number of carbonyl (C=O) groups excluding carboxylic acids is 1. The minimum Gasteiger partial charge on any atom is -0.493 e. The Balaban J connectivity index is 1.68. The number of nitrogens with one attached hydrogen (secondary N) is 1. The number of amides is 1. The van der Waals surface area contributed by atoms with E-state index in [1.807, 2.05) is 44.2 Å². The summed E-state index contributed by atoms with van der Waals surface area (Å²) >= 11 is 4.75. The Morgan fingerprint density at radius 1 is 1.21 bits per heavy atom. The van der Waals surface area contributed by atoms with E-state index >= 15 is 0 Å². The number of rotatable bonds is 10. The number of hydrogen-bond donors (Lipinski definition) is 1. The topological polar surface area (TPSA) is 106 Å². The van der Waals surface area contributed by atoms with Crippen molar-refractivity contribution in [3.63, 3.8) is 0 Å². The molecule has 3 aromatic rings. The molecule has 10 heteroatoms. The maximum atomic E-state index is 12.5. The summed E-state index contributed by atoms with van der Waals surface area (Å²) < 4.78 is 17.6. The Hall–Kier alpha value is -3.42. The molecule has 0 aliphatic carbocycles. The number of halogens is 1. The smallest absolute Gasteiger partial charge is 0.268 e. The summed E-state index contributed by atoms with van der Waals surface area (Å²) in [4.78, 5) is 12.5. The zero-order chi connectivity index (χ0) is 24.5. The van der Waals surface area contributed by atoms with Gasteiger partial charge in [0, 0.05) is 0 Å². The Labute approximate surface area is 210 Å². The maximum absolute atomic E-state index is 12.5. The molecule has 0 radical (unpaired) electrons. The van der Waals surface area contributed by atoms with Crippen LogP contribution in [0.2, 0.25) is 0 Å². The van der Waals surface area contributed by atoms with Crippen LogP contribution in [0.4, 0.5) is 5.13 Å². The number of carbonyl (C=O) groups is 1. The molecule has 0 aliphatic heterocycles. The molecule has 34 heavy (non-hydrogen) atoms. The summed E-state index contributed by atoms with van der Waals surface area (Å²) in [5, 5.41) is 21.1. The number of methoxy groups -OCH3 is 1. The van der Waals surface area contributed by atoms with Crippen molar-refractivity contribution < 1.29 is 19.0 Å². The molecule has 0 saturated carbocycles. The number of nitriles is 1. The predicted molar refractivity (Wildman–Crippen MR) is 134 cm³/mol. The van der Waals surface area contributed by atoms with E-state index in [4.69, 9.17) is 14.2 Å². The molecule has 1 aromatic heterocycles. The summed E-state index contributed by atoms with van der Waals surface area (Å²) in [6.07, 6.45) is 2.18. The van der Waals surface area contributed by atoms with E-state index < -0.39 is 5.91 Å². The fraction of sp³-hybridized carbons (Fsp3) is 0.250. The number of benzene rings is 2. The Morgan fingerprint density at radius 2 is 1.94 bits per heavy atom. The number of aryl methyl sites for hydroxylation is 2. The first kappa shape index (κ1) is 25.2. The highest BCUT2D eigenvalue weighted by Gasteiger charge is 2.15. The first-order valence-electron chi connectivity index (χ1n) is 10.4. The van der Waals surface area contributed by atoms with Gasteiger partial charge in [-0.05, 0) is 65.2 Å². The van der Waals surface area contributed by atoms with Crippen molar-refractivity contribution >= 4 is 44.4 Å². The number of aromatic nitrogens is 2. The van der Waals surface area contributed by atoms with Crippen LogP contribution in [0.15, 0.2) is 46.4 Å². The Kier molecular flexibility index (Phi) is 9.01. The quantitative estimate of drug-likeness (QED) is 0.213. The van der Waals surface area contributed by atoms with E-state index in [2.05, 4.69) is 31.4 Å². The summed E-state index contributed by atoms with van der Waals surface area (Å²) in [5.74, 6) is 1.15. The van der Waals surface area contributed by atoms with Crippen molar-refractivity contribution in [2.75, 3.05) is 25.6 Å². The number of ether oxygens (including phenoxy) is 3. The monoisotopic (exact) mass is 542 g/mol. The van der Waals surface area contributed by atoms with Gasteiger partial charge in [0.2, 0.25) is 5.13 Å². The van der Waals surface area contributed by atoms with Gasteiger partial charge in [0.1, 0.15) is 35.6 Å². The Bertz CT molecular complexity index is 1220. The third kappa shape index (κ3) is 6.79. The van der Waals surface area contributed by atoms with Crippen LogP contribution in [-0.2, 0) is 11.2 Å². The largest absolute Gasteiger partial charge is 0.493 e. The normalized spacial score (nSPS) is 11.0. The highest BCUT2D eigenvalue weighted by molar-refractivity contribution is 9.10. The fourth-order valence-electron chi connectivity index (χ4n) is 2.83. The number of anilines is 1. The molecule has 0 atom stereocenters. The summed E-state index contributed by atoms with van der Waals surface area (Å²) in [7, 11) is 1.52. The van der Waals surface area contributed by atoms with Crippen LogP contribution in [0, 0.1) is 18.3 Å². The average Bonchev–Trinajstić information content (AvgIpc) is 3.29. The van der Waals surface area contributed by atoms with Crippen LogP contribution >= 0.6 is 27.3 Å². The SMILES string of the molecule is CCc1nnc(NC(=O)/C(C#N)=C\c2cc(Br)c(OCCOc3ccc(C)cc3)c(OC)c2)s1. The third-order valence-corrected chi connectivity index (χ3v) is 6.11. The van der Waals surface area contributed by atoms with Crippen LogP contribution in [0.25, 0.3) is 6.08 Å². The van der Waals surface area contributed by atoms with Gasteiger partial charge in [0.25, 0.3) is 5.91 Å². The van der Waals surface area contributed by atoms with Gasteiger partial charge in [-0.2, -0.15) is 5.26 Å². The van der Waals surface area contributed by atoms with Crippen LogP contribution in [0.5, 0.6) is 17.2 Å². The van der Waals surface area contributed by atoms with Gasteiger partial charge in [-0.15, -0.1) is 10.2 Å². The highest BCUT2D eigenvalue weighted by atomic mass is 79.9. The van der Waals surface area contributed by atoms with E-state index in [-0.39, 0.29) is 5.57 Å². The van der Waals surface area contributed by atoms with Crippen molar-refractivity contribution in [2.24, 2.45) is 0 Å². The predicted octanol–water partition coefficient (Wildman–Crippen LogP) is 5.18. The van der Waals surface area contributed by atoms with Crippen LogP contribution < -0.4 is 19.5 Å². The molecule has 1 N–H and O–H groups in total. The van der Waals surface area contributed by atoms with Crippen molar-refractivity contribution in [1.82, 2.24) is 10.2 Å². The molecule has 1 amide bonds. The molecular weight excluding hydrogens is 520 g/mol. The van der Waals surface area contributed by atoms with Crippen molar-refractivity contribution in [3.8, 4) is 23.3 Å². The van der Waals surface area contributed by atoms with E-state index in [0.29, 0.717) is 39.9 Å². The first-order valence-corrected chi connectivity index (χ1v) is 12.0. The molecule has 0 aliphatic rings. The molecule has 0 saturated heterocycles. The molecule has 0 spiro atoms.